The van der Waals surface area contributed by atoms with Crippen molar-refractivity contribution in [2.75, 3.05) is 6.61 Å². The van der Waals surface area contributed by atoms with Gasteiger partial charge >= 0.3 is 6.09 Å². The number of aromatic amines is 1. The summed E-state index contributed by atoms with van der Waals surface area (Å²) >= 11 is 0. The number of hydrogen-bond acceptors (Lipinski definition) is 4. The molecule has 2 heterocycles. The third kappa shape index (κ3) is 3.93. The van der Waals surface area contributed by atoms with Crippen LogP contribution in [0.15, 0.2) is 30.5 Å². The van der Waals surface area contributed by atoms with Gasteiger partial charge in [-0.3, -0.25) is 9.69 Å². The Balaban J connectivity index is 0.000000415. The number of carboxylic acid groups (broad SMARTS) is 1. The fourth-order valence-corrected chi connectivity index (χ4v) is 3.43. The van der Waals surface area contributed by atoms with Crippen LogP contribution in [0.3, 0.4) is 0 Å². The van der Waals surface area contributed by atoms with Gasteiger partial charge in [-0.15, -0.1) is 0 Å². The predicted molar refractivity (Wildman–Crippen MR) is 93.3 cm³/mol. The number of nitrogens with zero attached hydrogens (tertiary/aromatic N) is 1. The summed E-state index contributed by atoms with van der Waals surface area (Å²) in [7, 11) is 0. The number of hydrogen-bond donors (Lipinski definition) is 3. The zero-order valence-electron chi connectivity index (χ0n) is 14.1. The van der Waals surface area contributed by atoms with Crippen molar-refractivity contribution >= 4 is 23.0 Å². The number of benzene rings is 1. The summed E-state index contributed by atoms with van der Waals surface area (Å²) in [5, 5.41) is 8.62. The van der Waals surface area contributed by atoms with Crippen molar-refractivity contribution in [3.8, 4) is 0 Å². The molecule has 1 saturated carbocycles. The highest BCUT2D eigenvalue weighted by molar-refractivity contribution is 5.80. The number of carbonyl (C=O) groups excluding carboxylic acids is 1. The second-order valence-corrected chi connectivity index (χ2v) is 6.65. The van der Waals surface area contributed by atoms with Gasteiger partial charge in [0, 0.05) is 30.7 Å². The van der Waals surface area contributed by atoms with E-state index in [1.54, 1.807) is 0 Å². The largest absolute Gasteiger partial charge is 0.481 e. The van der Waals surface area contributed by atoms with Crippen LogP contribution in [-0.4, -0.2) is 51.8 Å². The van der Waals surface area contributed by atoms with E-state index in [4.69, 9.17) is 20.4 Å². The average molecular weight is 345 g/mol. The molecular formula is C18H23N3O4. The third-order valence-corrected chi connectivity index (χ3v) is 4.64. The molecule has 1 atom stereocenters. The maximum Gasteiger partial charge on any atom is 0.410 e. The molecule has 1 aliphatic heterocycles. The number of aromatic nitrogens is 1. The summed E-state index contributed by atoms with van der Waals surface area (Å²) in [5.74, 6) is -0.833. The fraction of sp³-hybridized carbons (Fsp3) is 0.444. The van der Waals surface area contributed by atoms with E-state index >= 15 is 0 Å². The van der Waals surface area contributed by atoms with Crippen molar-refractivity contribution in [1.29, 1.82) is 0 Å². The monoisotopic (exact) mass is 345 g/mol. The summed E-state index contributed by atoms with van der Waals surface area (Å²) in [5.41, 5.74) is 8.22. The minimum absolute atomic E-state index is 0.131. The van der Waals surface area contributed by atoms with Gasteiger partial charge in [-0.25, -0.2) is 4.79 Å². The van der Waals surface area contributed by atoms with E-state index in [0.717, 1.165) is 31.7 Å². The molecule has 7 nitrogen and oxygen atoms in total. The van der Waals surface area contributed by atoms with Gasteiger partial charge in [0.05, 0.1) is 6.04 Å². The number of rotatable bonds is 3. The standard InChI is InChI=1S/C16H19N3O2.C2H4O2/c17-12-7-13(8-12)19-14(9-21-16(19)20)6-10-1-2-15-11(5-10)3-4-18-15;1-2(3)4/h1-5,12-14,18H,6-9,17H2;1H3,(H,3,4)/t12-,13+,14-;/m0./s1. The summed E-state index contributed by atoms with van der Waals surface area (Å²) in [6, 6.07) is 9.08. The fourth-order valence-electron chi connectivity index (χ4n) is 3.43. The first-order valence-electron chi connectivity index (χ1n) is 8.40. The van der Waals surface area contributed by atoms with E-state index in [9.17, 15) is 4.79 Å². The molecule has 4 N–H and O–H groups in total. The average Bonchev–Trinajstić information content (AvgIpc) is 3.10. The van der Waals surface area contributed by atoms with Crippen LogP contribution in [0.4, 0.5) is 4.79 Å². The zero-order chi connectivity index (χ0) is 18.0. The highest BCUT2D eigenvalue weighted by Crippen LogP contribution is 2.31. The molecule has 1 saturated heterocycles. The van der Waals surface area contributed by atoms with Crippen LogP contribution in [-0.2, 0) is 16.0 Å². The van der Waals surface area contributed by atoms with E-state index in [-0.39, 0.29) is 24.2 Å². The molecular weight excluding hydrogens is 322 g/mol. The number of H-pyrrole nitrogens is 1. The summed E-state index contributed by atoms with van der Waals surface area (Å²) in [6.07, 6.45) is 4.38. The molecule has 0 bridgehead atoms. The van der Waals surface area contributed by atoms with E-state index in [1.165, 1.54) is 10.9 Å². The second kappa shape index (κ2) is 7.14. The lowest BCUT2D eigenvalue weighted by molar-refractivity contribution is -0.134. The molecule has 1 aliphatic carbocycles. The van der Waals surface area contributed by atoms with Crippen molar-refractivity contribution < 1.29 is 19.4 Å². The third-order valence-electron chi connectivity index (χ3n) is 4.64. The number of amides is 1. The van der Waals surface area contributed by atoms with Crippen LogP contribution < -0.4 is 5.73 Å². The normalized spacial score (nSPS) is 25.1. The number of carbonyl (C=O) groups is 2. The van der Waals surface area contributed by atoms with Gasteiger partial charge in [-0.1, -0.05) is 6.07 Å². The van der Waals surface area contributed by atoms with Gasteiger partial charge in [0.1, 0.15) is 6.61 Å². The Morgan fingerprint density at radius 2 is 2.12 bits per heavy atom. The first-order chi connectivity index (χ1) is 11.9. The van der Waals surface area contributed by atoms with Crippen LogP contribution in [0.2, 0.25) is 0 Å². The Hall–Kier alpha value is -2.54. The molecule has 2 aliphatic rings. The Morgan fingerprint density at radius 1 is 1.40 bits per heavy atom. The number of nitrogens with two attached hydrogens (primary N) is 1. The molecule has 1 amide bonds. The van der Waals surface area contributed by atoms with E-state index in [1.807, 2.05) is 11.1 Å². The lowest BCUT2D eigenvalue weighted by Crippen LogP contribution is -2.54. The minimum atomic E-state index is -0.833. The molecule has 0 unspecified atom stereocenters. The maximum atomic E-state index is 11.9. The number of aliphatic carboxylic acids is 1. The first-order valence-corrected chi connectivity index (χ1v) is 8.40. The smallest absolute Gasteiger partial charge is 0.410 e. The maximum absolute atomic E-state index is 11.9. The Bertz CT molecular complexity index is 763. The second-order valence-electron chi connectivity index (χ2n) is 6.65. The van der Waals surface area contributed by atoms with Crippen LogP contribution >= 0.6 is 0 Å². The molecule has 2 fully saturated rings. The van der Waals surface area contributed by atoms with Gasteiger partial charge in [0.15, 0.2) is 0 Å². The van der Waals surface area contributed by atoms with E-state index in [2.05, 4.69) is 29.2 Å². The number of ether oxygens (including phenoxy) is 1. The van der Waals surface area contributed by atoms with Crippen molar-refractivity contribution in [2.45, 2.75) is 44.3 Å². The Kier molecular flexibility index (Phi) is 4.94. The van der Waals surface area contributed by atoms with Crippen molar-refractivity contribution in [1.82, 2.24) is 9.88 Å². The van der Waals surface area contributed by atoms with Crippen LogP contribution in [0.5, 0.6) is 0 Å². The first kappa shape index (κ1) is 17.3. The van der Waals surface area contributed by atoms with Crippen LogP contribution in [0.25, 0.3) is 10.9 Å². The Labute approximate surface area is 145 Å². The van der Waals surface area contributed by atoms with Gasteiger partial charge in [0.2, 0.25) is 0 Å². The number of cyclic esters (lactones) is 1. The van der Waals surface area contributed by atoms with E-state index < -0.39 is 5.97 Å². The summed E-state index contributed by atoms with van der Waals surface area (Å²) in [4.78, 5) is 26.0. The van der Waals surface area contributed by atoms with Crippen molar-refractivity contribution in [2.24, 2.45) is 5.73 Å². The highest BCUT2D eigenvalue weighted by Gasteiger charge is 2.42. The zero-order valence-corrected chi connectivity index (χ0v) is 14.1. The number of carboxylic acids is 1. The summed E-state index contributed by atoms with van der Waals surface area (Å²) < 4.78 is 5.25. The molecule has 134 valence electrons. The molecule has 4 rings (SSSR count). The lowest BCUT2D eigenvalue weighted by atomic mass is 9.85. The lowest BCUT2D eigenvalue weighted by Gasteiger charge is -2.40. The molecule has 0 radical (unpaired) electrons. The molecule has 1 aromatic carbocycles. The molecule has 7 heteroatoms. The molecule has 1 aromatic heterocycles. The van der Waals surface area contributed by atoms with Crippen molar-refractivity contribution in [3.05, 3.63) is 36.0 Å². The van der Waals surface area contributed by atoms with Gasteiger partial charge in [0.25, 0.3) is 5.97 Å². The Morgan fingerprint density at radius 3 is 2.80 bits per heavy atom. The topological polar surface area (TPSA) is 109 Å². The number of fused-ring (bicyclic) bond motifs is 1. The highest BCUT2D eigenvalue weighted by atomic mass is 16.6. The minimum Gasteiger partial charge on any atom is -0.481 e. The molecule has 0 spiro atoms. The molecule has 25 heavy (non-hydrogen) atoms. The van der Waals surface area contributed by atoms with E-state index in [0.29, 0.717) is 6.61 Å². The SMILES string of the molecule is CC(=O)O.N[C@H]1C[C@@H](N2C(=O)OC[C@@H]2Cc2ccc3[nH]ccc3c2)C1. The van der Waals surface area contributed by atoms with Gasteiger partial charge in [-0.05, 0) is 48.4 Å². The quantitative estimate of drug-likeness (QED) is 0.789. The van der Waals surface area contributed by atoms with Crippen molar-refractivity contribution in [3.63, 3.8) is 0 Å². The van der Waals surface area contributed by atoms with Gasteiger partial charge < -0.3 is 20.6 Å². The predicted octanol–water partition coefficient (Wildman–Crippen LogP) is 2.11. The number of nitrogens with one attached hydrogen (secondary N) is 1. The van der Waals surface area contributed by atoms with Gasteiger partial charge in [-0.2, -0.15) is 0 Å². The molecule has 2 aromatic rings. The summed E-state index contributed by atoms with van der Waals surface area (Å²) in [6.45, 7) is 1.57. The van der Waals surface area contributed by atoms with Crippen LogP contribution in [0.1, 0.15) is 25.3 Å². The van der Waals surface area contributed by atoms with Crippen LogP contribution in [0, 0.1) is 0 Å².